The first-order valence-electron chi connectivity index (χ1n) is 12.4. The molecule has 3 N–H and O–H groups in total. The zero-order valence-corrected chi connectivity index (χ0v) is 23.6. The summed E-state index contributed by atoms with van der Waals surface area (Å²) in [7, 11) is -2.31. The van der Waals surface area contributed by atoms with Crippen LogP contribution in [0.1, 0.15) is 64.8 Å². The number of carbonyl (C=O) groups is 4. The van der Waals surface area contributed by atoms with Gasteiger partial charge in [-0.3, -0.25) is 19.7 Å². The van der Waals surface area contributed by atoms with E-state index in [9.17, 15) is 27.6 Å². The molecule has 1 aliphatic heterocycles. The highest BCUT2D eigenvalue weighted by Crippen LogP contribution is 2.37. The van der Waals surface area contributed by atoms with Crippen molar-refractivity contribution in [3.8, 4) is 0 Å². The Bertz CT molecular complexity index is 1310. The molecule has 0 bridgehead atoms. The molecule has 1 aromatic carbocycles. The van der Waals surface area contributed by atoms with Crippen LogP contribution in [0.25, 0.3) is 0 Å². The maximum absolute atomic E-state index is 13.1. The van der Waals surface area contributed by atoms with Crippen LogP contribution in [-0.4, -0.2) is 68.1 Å². The Morgan fingerprint density at radius 1 is 1.03 bits per heavy atom. The average Bonchev–Trinajstić information content (AvgIpc) is 3.25. The van der Waals surface area contributed by atoms with Crippen LogP contribution in [0, 0.1) is 0 Å². The van der Waals surface area contributed by atoms with Crippen LogP contribution in [0.3, 0.4) is 0 Å². The number of nitrogens with one attached hydrogen (secondary N) is 3. The van der Waals surface area contributed by atoms with Crippen LogP contribution in [0.5, 0.6) is 0 Å². The van der Waals surface area contributed by atoms with Crippen molar-refractivity contribution >= 4 is 50.1 Å². The summed E-state index contributed by atoms with van der Waals surface area (Å²) in [5, 5.41) is 7.56. The Balaban J connectivity index is 1.89. The van der Waals surface area contributed by atoms with Crippen molar-refractivity contribution in [2.75, 3.05) is 32.0 Å². The fourth-order valence-electron chi connectivity index (χ4n) is 4.18. The van der Waals surface area contributed by atoms with Crippen LogP contribution >= 0.6 is 11.3 Å². The summed E-state index contributed by atoms with van der Waals surface area (Å²) in [6.07, 6.45) is 1.77. The SMILES string of the molecule is CCCN(CCC)S(=O)(=O)c1ccc(C(=O)Nc2sc3c(c2C(=O)NC(=O)NC)CCN(C(C)=O)C3)cc1. The summed E-state index contributed by atoms with van der Waals surface area (Å²) in [6, 6.07) is 4.95. The number of benzene rings is 1. The molecular formula is C25H33N5O6S2. The predicted octanol–water partition coefficient (Wildman–Crippen LogP) is 2.78. The Kier molecular flexibility index (Phi) is 9.63. The van der Waals surface area contributed by atoms with Crippen molar-refractivity contribution in [2.45, 2.75) is 51.5 Å². The van der Waals surface area contributed by atoms with Crippen LogP contribution in [0.4, 0.5) is 9.80 Å². The molecule has 0 radical (unpaired) electrons. The van der Waals surface area contributed by atoms with E-state index in [2.05, 4.69) is 16.0 Å². The summed E-state index contributed by atoms with van der Waals surface area (Å²) in [5.41, 5.74) is 1.06. The second kappa shape index (κ2) is 12.5. The van der Waals surface area contributed by atoms with Crippen molar-refractivity contribution in [1.29, 1.82) is 0 Å². The second-order valence-corrected chi connectivity index (χ2v) is 11.9. The lowest BCUT2D eigenvalue weighted by Gasteiger charge is -2.26. The summed E-state index contributed by atoms with van der Waals surface area (Å²) >= 11 is 1.17. The third-order valence-corrected chi connectivity index (χ3v) is 9.16. The van der Waals surface area contributed by atoms with Crippen molar-refractivity contribution in [2.24, 2.45) is 0 Å². The normalized spacial score (nSPS) is 13.1. The molecule has 1 aromatic heterocycles. The van der Waals surface area contributed by atoms with E-state index in [0.29, 0.717) is 51.0 Å². The Hall–Kier alpha value is -3.29. The van der Waals surface area contributed by atoms with Gasteiger partial charge in [-0.2, -0.15) is 4.31 Å². The highest BCUT2D eigenvalue weighted by atomic mass is 32.2. The van der Waals surface area contributed by atoms with E-state index in [1.807, 2.05) is 13.8 Å². The smallest absolute Gasteiger partial charge is 0.321 e. The predicted molar refractivity (Wildman–Crippen MR) is 145 cm³/mol. The first kappa shape index (κ1) is 29.3. The van der Waals surface area contributed by atoms with E-state index < -0.39 is 27.9 Å². The van der Waals surface area contributed by atoms with E-state index in [1.54, 1.807) is 4.90 Å². The van der Waals surface area contributed by atoms with Gasteiger partial charge in [0.1, 0.15) is 5.00 Å². The first-order chi connectivity index (χ1) is 18.0. The number of rotatable bonds is 9. The molecule has 3 rings (SSSR count). The van der Waals surface area contributed by atoms with Gasteiger partial charge in [0.15, 0.2) is 0 Å². The third kappa shape index (κ3) is 6.40. The fraction of sp³-hybridized carbons (Fsp3) is 0.440. The highest BCUT2D eigenvalue weighted by Gasteiger charge is 2.30. The topological polar surface area (TPSA) is 145 Å². The molecular weight excluding hydrogens is 530 g/mol. The molecule has 0 fully saturated rings. The van der Waals surface area contributed by atoms with Gasteiger partial charge in [-0.25, -0.2) is 13.2 Å². The van der Waals surface area contributed by atoms with Crippen molar-refractivity contribution in [1.82, 2.24) is 19.8 Å². The van der Waals surface area contributed by atoms with Gasteiger partial charge in [0.05, 0.1) is 17.0 Å². The van der Waals surface area contributed by atoms with Gasteiger partial charge in [0.2, 0.25) is 15.9 Å². The number of imide groups is 1. The van der Waals surface area contributed by atoms with E-state index >= 15 is 0 Å². The third-order valence-electron chi connectivity index (χ3n) is 6.11. The summed E-state index contributed by atoms with van der Waals surface area (Å²) in [6.45, 7) is 6.81. The number of amides is 5. The van der Waals surface area contributed by atoms with Gasteiger partial charge >= 0.3 is 6.03 Å². The Morgan fingerprint density at radius 3 is 2.21 bits per heavy atom. The standard InChI is InChI=1S/C25H33N5O6S2/c1-5-12-30(13-6-2)38(35,36)18-9-7-17(8-10-18)22(32)27-24-21(23(33)28-25(34)26-4)19-11-14-29(16(3)31)15-20(19)37-24/h7-10H,5-6,11-15H2,1-4H3,(H,27,32)(H2,26,28,33,34). The van der Waals surface area contributed by atoms with Gasteiger partial charge in [0.25, 0.3) is 11.8 Å². The number of urea groups is 1. The summed E-state index contributed by atoms with van der Waals surface area (Å²) in [4.78, 5) is 52.2. The van der Waals surface area contributed by atoms with E-state index in [-0.39, 0.29) is 26.9 Å². The minimum Gasteiger partial charge on any atom is -0.341 e. The van der Waals surface area contributed by atoms with Crippen LogP contribution < -0.4 is 16.0 Å². The van der Waals surface area contributed by atoms with Gasteiger partial charge in [-0.15, -0.1) is 11.3 Å². The summed E-state index contributed by atoms with van der Waals surface area (Å²) < 4.78 is 27.5. The van der Waals surface area contributed by atoms with Gasteiger partial charge < -0.3 is 15.5 Å². The summed E-state index contributed by atoms with van der Waals surface area (Å²) in [5.74, 6) is -1.30. The van der Waals surface area contributed by atoms with Gasteiger partial charge in [0, 0.05) is 44.0 Å². The molecule has 0 saturated carbocycles. The van der Waals surface area contributed by atoms with Crippen molar-refractivity contribution < 1.29 is 27.6 Å². The molecule has 11 nitrogen and oxygen atoms in total. The fourth-order valence-corrected chi connectivity index (χ4v) is 7.06. The zero-order chi connectivity index (χ0) is 28.0. The van der Waals surface area contributed by atoms with Crippen LogP contribution in [0.15, 0.2) is 29.2 Å². The molecule has 1 aliphatic rings. The minimum atomic E-state index is -3.69. The molecule has 13 heteroatoms. The number of hydrogen-bond donors (Lipinski definition) is 3. The number of anilines is 1. The van der Waals surface area contributed by atoms with Gasteiger partial charge in [-0.05, 0) is 49.1 Å². The minimum absolute atomic E-state index is 0.0949. The molecule has 0 spiro atoms. The van der Waals surface area contributed by atoms with Gasteiger partial charge in [-0.1, -0.05) is 13.8 Å². The highest BCUT2D eigenvalue weighted by molar-refractivity contribution is 7.89. The van der Waals surface area contributed by atoms with E-state index in [1.165, 1.54) is 53.9 Å². The van der Waals surface area contributed by atoms with Crippen molar-refractivity contribution in [3.05, 3.63) is 45.8 Å². The quantitative estimate of drug-likeness (QED) is 0.428. The number of hydrogen-bond acceptors (Lipinski definition) is 7. The molecule has 0 aliphatic carbocycles. The molecule has 38 heavy (non-hydrogen) atoms. The number of thiophene rings is 1. The molecule has 2 heterocycles. The molecule has 5 amide bonds. The lowest BCUT2D eigenvalue weighted by molar-refractivity contribution is -0.129. The van der Waals surface area contributed by atoms with E-state index in [0.717, 1.165) is 4.88 Å². The molecule has 0 atom stereocenters. The number of fused-ring (bicyclic) bond motifs is 1. The average molecular weight is 564 g/mol. The zero-order valence-electron chi connectivity index (χ0n) is 21.9. The molecule has 2 aromatic rings. The molecule has 0 saturated heterocycles. The lowest BCUT2D eigenvalue weighted by Crippen LogP contribution is -2.39. The van der Waals surface area contributed by atoms with E-state index in [4.69, 9.17) is 0 Å². The van der Waals surface area contributed by atoms with Crippen molar-refractivity contribution in [3.63, 3.8) is 0 Å². The Labute approximate surface area is 226 Å². The second-order valence-electron chi connectivity index (χ2n) is 8.81. The first-order valence-corrected chi connectivity index (χ1v) is 14.6. The number of sulfonamides is 1. The maximum atomic E-state index is 13.1. The van der Waals surface area contributed by atoms with Crippen LogP contribution in [0.2, 0.25) is 0 Å². The Morgan fingerprint density at radius 2 is 1.66 bits per heavy atom. The number of carbonyl (C=O) groups excluding carboxylic acids is 4. The largest absolute Gasteiger partial charge is 0.341 e. The van der Waals surface area contributed by atoms with Crippen LogP contribution in [-0.2, 0) is 27.8 Å². The lowest BCUT2D eigenvalue weighted by atomic mass is 10.0. The maximum Gasteiger partial charge on any atom is 0.321 e. The monoisotopic (exact) mass is 563 g/mol. The molecule has 0 unspecified atom stereocenters. The number of nitrogens with zero attached hydrogens (tertiary/aromatic N) is 2. The molecule has 206 valence electrons.